The number of aryl methyl sites for hydroxylation is 2. The highest BCUT2D eigenvalue weighted by molar-refractivity contribution is 7.71. The lowest BCUT2D eigenvalue weighted by molar-refractivity contribution is 0.844. The third kappa shape index (κ3) is 2.43. The molecule has 0 bridgehead atoms. The Labute approximate surface area is 138 Å². The smallest absolute Gasteiger partial charge is 0.216 e. The van der Waals surface area contributed by atoms with Gasteiger partial charge in [-0.1, -0.05) is 24.3 Å². The van der Waals surface area contributed by atoms with Crippen molar-refractivity contribution in [1.29, 1.82) is 0 Å². The van der Waals surface area contributed by atoms with Crippen molar-refractivity contribution in [3.63, 3.8) is 0 Å². The maximum Gasteiger partial charge on any atom is 0.216 e. The van der Waals surface area contributed by atoms with Gasteiger partial charge in [-0.25, -0.2) is 5.10 Å². The van der Waals surface area contributed by atoms with E-state index in [1.807, 2.05) is 18.2 Å². The molecule has 4 rings (SSSR count). The number of aromatic nitrogens is 5. The molecule has 2 aromatic heterocycles. The predicted octanol–water partition coefficient (Wildman–Crippen LogP) is 3.01. The Morgan fingerprint density at radius 1 is 1.22 bits per heavy atom. The minimum Gasteiger partial charge on any atom is -0.282 e. The fourth-order valence-corrected chi connectivity index (χ4v) is 3.09. The summed E-state index contributed by atoms with van der Waals surface area (Å²) >= 11 is 5.32. The average Bonchev–Trinajstić information content (AvgIpc) is 3.23. The first-order valence-electron chi connectivity index (χ1n) is 7.58. The normalized spacial score (nSPS) is 13.8. The van der Waals surface area contributed by atoms with Crippen molar-refractivity contribution in [2.75, 3.05) is 0 Å². The molecule has 7 heteroatoms. The molecule has 0 saturated heterocycles. The Morgan fingerprint density at radius 2 is 2.09 bits per heavy atom. The van der Waals surface area contributed by atoms with Gasteiger partial charge in [0.15, 0.2) is 0 Å². The largest absolute Gasteiger partial charge is 0.282 e. The second-order valence-electron chi connectivity index (χ2n) is 5.65. The van der Waals surface area contributed by atoms with Crippen LogP contribution in [0.5, 0.6) is 0 Å². The molecule has 0 saturated carbocycles. The number of H-pyrrole nitrogens is 2. The molecule has 6 nitrogen and oxygen atoms in total. The monoisotopic (exact) mass is 324 g/mol. The highest BCUT2D eigenvalue weighted by Crippen LogP contribution is 2.29. The minimum atomic E-state index is 0.458. The van der Waals surface area contributed by atoms with E-state index in [-0.39, 0.29) is 0 Å². The van der Waals surface area contributed by atoms with Crippen molar-refractivity contribution in [2.24, 2.45) is 5.10 Å². The standard InChI is InChI=1S/C16H16N6S/c1-10-5-2-3-6-11(10)9-17-22-15(20-21-16(22)23)14-12-7-4-8-13(12)18-19-14/h2-3,5-6,9H,4,7-8H2,1H3,(H,18,19)(H,21,23). The molecule has 23 heavy (non-hydrogen) atoms. The van der Waals surface area contributed by atoms with E-state index in [4.69, 9.17) is 12.2 Å². The molecule has 1 aromatic carbocycles. The lowest BCUT2D eigenvalue weighted by Gasteiger charge is -2.01. The number of fused-ring (bicyclic) bond motifs is 1. The zero-order valence-electron chi connectivity index (χ0n) is 12.7. The number of benzene rings is 1. The van der Waals surface area contributed by atoms with Gasteiger partial charge < -0.3 is 0 Å². The van der Waals surface area contributed by atoms with E-state index in [1.165, 1.54) is 11.3 Å². The minimum absolute atomic E-state index is 0.458. The number of hydrogen-bond donors (Lipinski definition) is 2. The topological polar surface area (TPSA) is 74.7 Å². The number of hydrogen-bond acceptors (Lipinski definition) is 4. The van der Waals surface area contributed by atoms with Gasteiger partial charge in [0.2, 0.25) is 10.6 Å². The highest BCUT2D eigenvalue weighted by atomic mass is 32.1. The molecule has 2 N–H and O–H groups in total. The van der Waals surface area contributed by atoms with Crippen LogP contribution in [-0.2, 0) is 12.8 Å². The van der Waals surface area contributed by atoms with Crippen LogP contribution in [0, 0.1) is 11.7 Å². The Kier molecular flexibility index (Phi) is 3.42. The maximum absolute atomic E-state index is 5.32. The van der Waals surface area contributed by atoms with Gasteiger partial charge >= 0.3 is 0 Å². The van der Waals surface area contributed by atoms with Crippen LogP contribution < -0.4 is 0 Å². The second-order valence-corrected chi connectivity index (χ2v) is 6.03. The first-order chi connectivity index (χ1) is 11.2. The number of rotatable bonds is 3. The van der Waals surface area contributed by atoms with Crippen molar-refractivity contribution < 1.29 is 0 Å². The molecule has 116 valence electrons. The average molecular weight is 324 g/mol. The molecule has 3 aromatic rings. The Balaban J connectivity index is 1.77. The van der Waals surface area contributed by atoms with Crippen LogP contribution in [0.1, 0.15) is 28.8 Å². The summed E-state index contributed by atoms with van der Waals surface area (Å²) in [5.74, 6) is 0.652. The van der Waals surface area contributed by atoms with Crippen molar-refractivity contribution in [1.82, 2.24) is 25.1 Å². The number of aromatic amines is 2. The van der Waals surface area contributed by atoms with Gasteiger partial charge in [-0.3, -0.25) is 5.10 Å². The zero-order chi connectivity index (χ0) is 15.8. The van der Waals surface area contributed by atoms with Crippen molar-refractivity contribution in [2.45, 2.75) is 26.2 Å². The second kappa shape index (κ2) is 5.58. The summed E-state index contributed by atoms with van der Waals surface area (Å²) < 4.78 is 2.09. The van der Waals surface area contributed by atoms with Gasteiger partial charge in [-0.05, 0) is 49.5 Å². The molecule has 0 radical (unpaired) electrons. The summed E-state index contributed by atoms with van der Waals surface area (Å²) in [7, 11) is 0. The molecule has 0 unspecified atom stereocenters. The zero-order valence-corrected chi connectivity index (χ0v) is 13.5. The molecule has 0 amide bonds. The summed E-state index contributed by atoms with van der Waals surface area (Å²) in [6.07, 6.45) is 5.01. The fourth-order valence-electron chi connectivity index (χ4n) is 2.91. The highest BCUT2D eigenvalue weighted by Gasteiger charge is 2.23. The third-order valence-electron chi connectivity index (χ3n) is 4.17. The SMILES string of the molecule is Cc1ccccc1C=Nn1c(-c2n[nH]c3c2CCC3)n[nH]c1=S. The molecular formula is C16H16N6S. The van der Waals surface area contributed by atoms with E-state index >= 15 is 0 Å². The molecule has 1 aliphatic carbocycles. The van der Waals surface area contributed by atoms with E-state index in [9.17, 15) is 0 Å². The van der Waals surface area contributed by atoms with E-state index in [2.05, 4.69) is 38.5 Å². The summed E-state index contributed by atoms with van der Waals surface area (Å²) in [5.41, 5.74) is 5.48. The van der Waals surface area contributed by atoms with Gasteiger partial charge in [0, 0.05) is 11.3 Å². The molecule has 0 aliphatic heterocycles. The van der Waals surface area contributed by atoms with Crippen LogP contribution >= 0.6 is 12.2 Å². The lowest BCUT2D eigenvalue weighted by Crippen LogP contribution is -1.98. The summed E-state index contributed by atoms with van der Waals surface area (Å²) in [4.78, 5) is 0. The van der Waals surface area contributed by atoms with Crippen LogP contribution in [0.2, 0.25) is 0 Å². The van der Waals surface area contributed by atoms with Crippen LogP contribution in [0.3, 0.4) is 0 Å². The summed E-state index contributed by atoms with van der Waals surface area (Å²) in [6.45, 7) is 2.05. The molecule has 1 aliphatic rings. The van der Waals surface area contributed by atoms with Crippen molar-refractivity contribution in [3.8, 4) is 11.5 Å². The molecule has 0 fully saturated rings. The maximum atomic E-state index is 5.32. The van der Waals surface area contributed by atoms with Gasteiger partial charge in [0.05, 0.1) is 6.21 Å². The Morgan fingerprint density at radius 3 is 2.96 bits per heavy atom. The van der Waals surface area contributed by atoms with Gasteiger partial charge in [0.1, 0.15) is 5.69 Å². The fraction of sp³-hybridized carbons (Fsp3) is 0.250. The van der Waals surface area contributed by atoms with E-state index in [0.29, 0.717) is 10.6 Å². The molecule has 0 atom stereocenters. The van der Waals surface area contributed by atoms with E-state index in [0.717, 1.165) is 36.1 Å². The van der Waals surface area contributed by atoms with Gasteiger partial charge in [-0.15, -0.1) is 0 Å². The van der Waals surface area contributed by atoms with Crippen LogP contribution in [-0.4, -0.2) is 31.3 Å². The van der Waals surface area contributed by atoms with E-state index < -0.39 is 0 Å². The van der Waals surface area contributed by atoms with Crippen LogP contribution in [0.4, 0.5) is 0 Å². The first-order valence-corrected chi connectivity index (χ1v) is 7.99. The summed E-state index contributed by atoms with van der Waals surface area (Å²) in [6, 6.07) is 8.07. The quantitative estimate of drug-likeness (QED) is 0.574. The van der Waals surface area contributed by atoms with Gasteiger partial charge in [0.25, 0.3) is 0 Å². The van der Waals surface area contributed by atoms with Crippen LogP contribution in [0.15, 0.2) is 29.4 Å². The molecule has 2 heterocycles. The predicted molar refractivity (Wildman–Crippen MR) is 91.2 cm³/mol. The van der Waals surface area contributed by atoms with E-state index in [1.54, 1.807) is 10.9 Å². The first kappa shape index (κ1) is 14.1. The van der Waals surface area contributed by atoms with Crippen LogP contribution in [0.25, 0.3) is 11.5 Å². The molecular weight excluding hydrogens is 308 g/mol. The Bertz CT molecular complexity index is 946. The van der Waals surface area contributed by atoms with Crippen molar-refractivity contribution >= 4 is 18.4 Å². The third-order valence-corrected chi connectivity index (χ3v) is 4.43. The van der Waals surface area contributed by atoms with Gasteiger partial charge in [-0.2, -0.15) is 20.0 Å². The Hall–Kier alpha value is -2.54. The number of nitrogens with zero attached hydrogens (tertiary/aromatic N) is 4. The summed E-state index contributed by atoms with van der Waals surface area (Å²) in [5, 5.41) is 19.2. The van der Waals surface area contributed by atoms with Crippen molar-refractivity contribution in [3.05, 3.63) is 51.4 Å². The number of nitrogens with one attached hydrogen (secondary N) is 2. The molecule has 0 spiro atoms. The lowest BCUT2D eigenvalue weighted by atomic mass is 10.1.